The van der Waals surface area contributed by atoms with Crippen molar-refractivity contribution in [1.29, 1.82) is 0 Å². The normalized spacial score (nSPS) is 26.7. The van der Waals surface area contributed by atoms with Crippen LogP contribution in [0.1, 0.15) is 29.5 Å². The van der Waals surface area contributed by atoms with E-state index >= 15 is 0 Å². The van der Waals surface area contributed by atoms with Crippen molar-refractivity contribution in [3.63, 3.8) is 0 Å². The van der Waals surface area contributed by atoms with Gasteiger partial charge in [-0.1, -0.05) is 42.5 Å². The van der Waals surface area contributed by atoms with Crippen molar-refractivity contribution in [1.82, 2.24) is 0 Å². The largest absolute Gasteiger partial charge is 0.399 e. The highest BCUT2D eigenvalue weighted by Crippen LogP contribution is 2.49. The minimum atomic E-state index is 0.366. The van der Waals surface area contributed by atoms with Crippen LogP contribution >= 0.6 is 0 Å². The van der Waals surface area contributed by atoms with Crippen molar-refractivity contribution in [2.75, 3.05) is 11.1 Å². The lowest BCUT2D eigenvalue weighted by Gasteiger charge is -2.37. The van der Waals surface area contributed by atoms with Crippen LogP contribution in [0, 0.1) is 5.92 Å². The molecule has 1 heterocycles. The minimum absolute atomic E-state index is 0.366. The maximum absolute atomic E-state index is 5.81. The molecular weight excluding hydrogens is 244 g/mol. The Morgan fingerprint density at radius 1 is 1.00 bits per heavy atom. The first-order chi connectivity index (χ1) is 9.83. The van der Waals surface area contributed by atoms with Gasteiger partial charge in [-0.05, 0) is 41.7 Å². The fourth-order valence-corrected chi connectivity index (χ4v) is 3.58. The van der Waals surface area contributed by atoms with Crippen LogP contribution in [0.2, 0.25) is 0 Å². The number of nitrogens with two attached hydrogens (primary N) is 1. The summed E-state index contributed by atoms with van der Waals surface area (Å²) in [6.07, 6.45) is 5.83. The summed E-state index contributed by atoms with van der Waals surface area (Å²) < 4.78 is 0. The van der Waals surface area contributed by atoms with Crippen molar-refractivity contribution >= 4 is 11.4 Å². The Morgan fingerprint density at radius 2 is 1.80 bits per heavy atom. The third-order valence-corrected chi connectivity index (χ3v) is 4.57. The lowest BCUT2D eigenvalue weighted by molar-refractivity contribution is 0.425. The first-order valence-electron chi connectivity index (χ1n) is 7.20. The third-order valence-electron chi connectivity index (χ3n) is 4.57. The number of anilines is 2. The second kappa shape index (κ2) is 4.41. The summed E-state index contributed by atoms with van der Waals surface area (Å²) in [6.45, 7) is 0. The van der Waals surface area contributed by atoms with Crippen molar-refractivity contribution in [2.45, 2.75) is 18.4 Å². The van der Waals surface area contributed by atoms with Crippen molar-refractivity contribution in [2.24, 2.45) is 5.92 Å². The summed E-state index contributed by atoms with van der Waals surface area (Å²) in [6, 6.07) is 17.3. The molecule has 3 N–H and O–H groups in total. The number of fused-ring (bicyclic) bond motifs is 3. The van der Waals surface area contributed by atoms with Crippen molar-refractivity contribution in [3.8, 4) is 0 Å². The van der Waals surface area contributed by atoms with Crippen molar-refractivity contribution < 1.29 is 0 Å². The van der Waals surface area contributed by atoms with E-state index in [-0.39, 0.29) is 0 Å². The second-order valence-corrected chi connectivity index (χ2v) is 5.73. The monoisotopic (exact) mass is 262 g/mol. The highest BCUT2D eigenvalue weighted by atomic mass is 15.0. The predicted molar refractivity (Wildman–Crippen MR) is 83.6 cm³/mol. The van der Waals surface area contributed by atoms with Crippen LogP contribution in [-0.2, 0) is 0 Å². The van der Waals surface area contributed by atoms with Crippen molar-refractivity contribution in [3.05, 3.63) is 71.8 Å². The molecule has 1 aliphatic carbocycles. The van der Waals surface area contributed by atoms with Gasteiger partial charge in [-0.3, -0.25) is 0 Å². The first-order valence-corrected chi connectivity index (χ1v) is 7.20. The Balaban J connectivity index is 1.77. The molecule has 100 valence electrons. The van der Waals surface area contributed by atoms with E-state index in [1.807, 2.05) is 12.1 Å². The predicted octanol–water partition coefficient (Wildman–Crippen LogP) is 4.10. The van der Waals surface area contributed by atoms with Gasteiger partial charge in [0.25, 0.3) is 0 Å². The van der Waals surface area contributed by atoms with Gasteiger partial charge in [-0.25, -0.2) is 0 Å². The van der Waals surface area contributed by atoms with Crippen LogP contribution in [0.3, 0.4) is 0 Å². The number of nitrogens with one attached hydrogen (secondary N) is 1. The quantitative estimate of drug-likeness (QED) is 0.600. The van der Waals surface area contributed by atoms with E-state index in [0.717, 1.165) is 12.1 Å². The summed E-state index contributed by atoms with van der Waals surface area (Å²) >= 11 is 0. The summed E-state index contributed by atoms with van der Waals surface area (Å²) in [5.41, 5.74) is 10.7. The Morgan fingerprint density at radius 3 is 2.65 bits per heavy atom. The van der Waals surface area contributed by atoms with Crippen LogP contribution < -0.4 is 11.1 Å². The number of allylic oxidation sites excluding steroid dienone is 2. The highest BCUT2D eigenvalue weighted by Gasteiger charge is 2.37. The second-order valence-electron chi connectivity index (χ2n) is 5.73. The molecule has 2 aliphatic rings. The number of nitrogen functional groups attached to an aromatic ring is 1. The minimum Gasteiger partial charge on any atom is -0.399 e. The first kappa shape index (κ1) is 11.6. The number of benzene rings is 2. The van der Waals surface area contributed by atoms with E-state index in [2.05, 4.69) is 53.9 Å². The molecule has 2 heteroatoms. The molecule has 0 unspecified atom stereocenters. The topological polar surface area (TPSA) is 38.0 Å². The molecule has 0 spiro atoms. The van der Waals surface area contributed by atoms with E-state index in [0.29, 0.717) is 17.9 Å². The highest BCUT2D eigenvalue weighted by molar-refractivity contribution is 5.59. The Hall–Kier alpha value is -2.22. The molecule has 20 heavy (non-hydrogen) atoms. The van der Waals surface area contributed by atoms with E-state index in [4.69, 9.17) is 5.73 Å². The summed E-state index contributed by atoms with van der Waals surface area (Å²) in [4.78, 5) is 0. The lowest BCUT2D eigenvalue weighted by Crippen LogP contribution is -2.28. The van der Waals surface area contributed by atoms with Gasteiger partial charge in [0.1, 0.15) is 0 Å². The molecule has 0 amide bonds. The standard InChI is InChI=1S/C18H18N2/c19-13-10-8-12(9-11-13)18-16-6-3-5-14(16)15-4-1-2-7-17(15)20-18/h1-5,7-11,14,16,18,20H,6,19H2/t14-,16-,18-/m0/s1. The van der Waals surface area contributed by atoms with E-state index in [1.54, 1.807) is 0 Å². The lowest BCUT2D eigenvalue weighted by atomic mass is 9.77. The van der Waals surface area contributed by atoms with Crippen LogP contribution in [0.5, 0.6) is 0 Å². The molecule has 1 aliphatic heterocycles. The Labute approximate surface area is 119 Å². The Kier molecular flexibility index (Phi) is 2.56. The molecular formula is C18H18N2. The fraction of sp³-hybridized carbons (Fsp3) is 0.222. The molecule has 0 radical (unpaired) electrons. The maximum atomic E-state index is 5.81. The SMILES string of the molecule is Nc1ccc([C@@H]2Nc3ccccc3[C@@H]3C=CC[C@@H]32)cc1. The van der Waals surface area contributed by atoms with Crippen LogP contribution in [0.25, 0.3) is 0 Å². The maximum Gasteiger partial charge on any atom is 0.0553 e. The average Bonchev–Trinajstić information content (AvgIpc) is 2.97. The molecule has 2 nitrogen and oxygen atoms in total. The molecule has 0 saturated heterocycles. The van der Waals surface area contributed by atoms with E-state index in [9.17, 15) is 0 Å². The molecule has 0 bridgehead atoms. The summed E-state index contributed by atoms with van der Waals surface area (Å²) in [5.74, 6) is 1.14. The molecule has 2 aromatic carbocycles. The molecule has 0 aromatic heterocycles. The van der Waals surface area contributed by atoms with Gasteiger partial charge in [0.15, 0.2) is 0 Å². The molecule has 3 atom stereocenters. The van der Waals surface area contributed by atoms with Gasteiger partial charge < -0.3 is 11.1 Å². The smallest absolute Gasteiger partial charge is 0.0553 e. The molecule has 0 fully saturated rings. The van der Waals surface area contributed by atoms with Gasteiger partial charge >= 0.3 is 0 Å². The van der Waals surface area contributed by atoms with Gasteiger partial charge in [0, 0.05) is 17.3 Å². The van der Waals surface area contributed by atoms with Gasteiger partial charge in [-0.15, -0.1) is 0 Å². The van der Waals surface area contributed by atoms with Crippen LogP contribution in [-0.4, -0.2) is 0 Å². The van der Waals surface area contributed by atoms with Crippen LogP contribution in [0.4, 0.5) is 11.4 Å². The number of hydrogen-bond donors (Lipinski definition) is 2. The average molecular weight is 262 g/mol. The number of hydrogen-bond acceptors (Lipinski definition) is 2. The zero-order valence-corrected chi connectivity index (χ0v) is 11.3. The van der Waals surface area contributed by atoms with Gasteiger partial charge in [0.05, 0.1) is 6.04 Å². The van der Waals surface area contributed by atoms with E-state index in [1.165, 1.54) is 16.8 Å². The summed E-state index contributed by atoms with van der Waals surface area (Å²) in [7, 11) is 0. The number of para-hydroxylation sites is 1. The Bertz CT molecular complexity index is 657. The molecule has 0 saturated carbocycles. The summed E-state index contributed by atoms with van der Waals surface area (Å²) in [5, 5.41) is 3.72. The fourth-order valence-electron chi connectivity index (χ4n) is 3.58. The van der Waals surface area contributed by atoms with Gasteiger partial charge in [0.2, 0.25) is 0 Å². The van der Waals surface area contributed by atoms with Gasteiger partial charge in [-0.2, -0.15) is 0 Å². The molecule has 4 rings (SSSR count). The molecule has 2 aromatic rings. The third kappa shape index (κ3) is 1.72. The van der Waals surface area contributed by atoms with E-state index < -0.39 is 0 Å². The number of rotatable bonds is 1. The van der Waals surface area contributed by atoms with Crippen LogP contribution in [0.15, 0.2) is 60.7 Å². The zero-order valence-electron chi connectivity index (χ0n) is 11.3. The zero-order chi connectivity index (χ0) is 13.5.